The van der Waals surface area contributed by atoms with Crippen LogP contribution in [0.25, 0.3) is 0 Å². The van der Waals surface area contributed by atoms with E-state index in [0.29, 0.717) is 5.56 Å². The summed E-state index contributed by atoms with van der Waals surface area (Å²) in [6.45, 7) is 0. The number of benzene rings is 1. The molecule has 0 aromatic heterocycles. The van der Waals surface area contributed by atoms with E-state index in [-0.39, 0.29) is 11.5 Å². The summed E-state index contributed by atoms with van der Waals surface area (Å²) in [6, 6.07) is 8.42. The van der Waals surface area contributed by atoms with Crippen molar-refractivity contribution in [3.8, 4) is 0 Å². The maximum Gasteiger partial charge on any atom is 0.266 e. The lowest BCUT2D eigenvalue weighted by molar-refractivity contribution is -0.419. The monoisotopic (exact) mass is 278 g/mol. The summed E-state index contributed by atoms with van der Waals surface area (Å²) in [5.41, 5.74) is 6.04. The van der Waals surface area contributed by atoms with Crippen molar-refractivity contribution in [3.05, 3.63) is 69.9 Å². The Morgan fingerprint density at radius 1 is 1.37 bits per heavy atom. The number of halogens is 1. The van der Waals surface area contributed by atoms with Crippen LogP contribution in [0.1, 0.15) is 10.4 Å². The Kier molecular flexibility index (Phi) is 3.50. The highest BCUT2D eigenvalue weighted by Gasteiger charge is 2.39. The maximum atomic E-state index is 12.3. The number of ketones is 1. The molecule has 0 bridgehead atoms. The van der Waals surface area contributed by atoms with E-state index < -0.39 is 15.8 Å². The molecule has 0 saturated heterocycles. The molecule has 2 N–H and O–H groups in total. The minimum Gasteiger partial charge on any atom is -0.309 e. The van der Waals surface area contributed by atoms with Crippen molar-refractivity contribution in [1.29, 1.82) is 0 Å². The Labute approximate surface area is 114 Å². The minimum atomic E-state index is -1.45. The van der Waals surface area contributed by atoms with Crippen LogP contribution < -0.4 is 5.73 Å². The Balaban J connectivity index is 2.39. The number of nitrogens with zero attached hydrogens (tertiary/aromatic N) is 1. The van der Waals surface area contributed by atoms with Gasteiger partial charge in [0.05, 0.1) is 10.8 Å². The zero-order valence-corrected chi connectivity index (χ0v) is 10.6. The number of carbonyl (C=O) groups excluding carboxylic acids is 1. The number of carbonyl (C=O) groups is 1. The van der Waals surface area contributed by atoms with Crippen LogP contribution >= 0.6 is 11.6 Å². The molecule has 0 unspecified atom stereocenters. The third-order valence-corrected chi connectivity index (χ3v) is 3.24. The number of hydrogen-bond acceptors (Lipinski definition) is 4. The smallest absolute Gasteiger partial charge is 0.266 e. The molecule has 5 nitrogen and oxygen atoms in total. The van der Waals surface area contributed by atoms with E-state index in [2.05, 4.69) is 0 Å². The number of allylic oxidation sites excluding steroid dienone is 1. The average Bonchev–Trinajstić information content (AvgIpc) is 2.38. The lowest BCUT2D eigenvalue weighted by atomic mass is 9.87. The molecule has 0 aliphatic heterocycles. The predicted octanol–water partition coefficient (Wildman–Crippen LogP) is 2.11. The van der Waals surface area contributed by atoms with E-state index >= 15 is 0 Å². The molecular formula is C13H11ClN2O3. The van der Waals surface area contributed by atoms with Gasteiger partial charge in [0.2, 0.25) is 0 Å². The third-order valence-electron chi connectivity index (χ3n) is 2.88. The molecule has 6 heteroatoms. The predicted molar refractivity (Wildman–Crippen MR) is 71.3 cm³/mol. The van der Waals surface area contributed by atoms with Gasteiger partial charge < -0.3 is 5.73 Å². The minimum absolute atomic E-state index is 0.184. The summed E-state index contributed by atoms with van der Waals surface area (Å²) in [5, 5.41) is 10.8. The van der Waals surface area contributed by atoms with Crippen LogP contribution in [0.2, 0.25) is 0 Å². The van der Waals surface area contributed by atoms with Crippen LogP contribution in [-0.4, -0.2) is 15.7 Å². The third kappa shape index (κ3) is 2.72. The van der Waals surface area contributed by atoms with Gasteiger partial charge in [-0.25, -0.2) is 0 Å². The summed E-state index contributed by atoms with van der Waals surface area (Å²) in [6.07, 6.45) is 3.68. The van der Waals surface area contributed by atoms with Gasteiger partial charge in [0.15, 0.2) is 5.78 Å². The van der Waals surface area contributed by atoms with Gasteiger partial charge in [-0.15, -0.1) is 0 Å². The summed E-state index contributed by atoms with van der Waals surface area (Å²) in [4.78, 5) is 21.1. The number of alkyl halides is 1. The van der Waals surface area contributed by atoms with Gasteiger partial charge in [-0.05, 0) is 6.08 Å². The molecule has 2 atom stereocenters. The van der Waals surface area contributed by atoms with Crippen LogP contribution in [0.3, 0.4) is 0 Å². The van der Waals surface area contributed by atoms with Crippen molar-refractivity contribution < 1.29 is 9.72 Å². The second-order valence-corrected chi connectivity index (χ2v) is 4.87. The summed E-state index contributed by atoms with van der Waals surface area (Å²) >= 11 is 6.06. The lowest BCUT2D eigenvalue weighted by Crippen LogP contribution is -2.44. The molecule has 0 amide bonds. The number of nitrogens with two attached hydrogens (primary N) is 1. The normalized spacial score (nSPS) is 25.8. The van der Waals surface area contributed by atoms with Gasteiger partial charge in [-0.3, -0.25) is 14.9 Å². The quantitative estimate of drug-likeness (QED) is 0.302. The molecule has 0 radical (unpaired) electrons. The molecule has 19 heavy (non-hydrogen) atoms. The highest BCUT2D eigenvalue weighted by molar-refractivity contribution is 6.27. The largest absolute Gasteiger partial charge is 0.309 e. The molecular weight excluding hydrogens is 268 g/mol. The molecule has 1 aliphatic carbocycles. The van der Waals surface area contributed by atoms with E-state index in [4.69, 9.17) is 17.3 Å². The second kappa shape index (κ2) is 4.95. The first-order valence-corrected chi connectivity index (χ1v) is 5.92. The Morgan fingerprint density at radius 2 is 2.00 bits per heavy atom. The molecule has 1 aliphatic rings. The van der Waals surface area contributed by atoms with Crippen LogP contribution in [0.15, 0.2) is 54.3 Å². The highest BCUT2D eigenvalue weighted by Crippen LogP contribution is 2.31. The first-order valence-electron chi connectivity index (χ1n) is 5.54. The standard InChI is InChI=1S/C13H11ClN2O3/c14-13(15)7-6-10(16(18)19)8-11(13)12(17)9-4-2-1-3-5-9/h1-8,11H,15H2/t11-,13-/m0/s1. The van der Waals surface area contributed by atoms with Crippen molar-refractivity contribution in [2.24, 2.45) is 11.7 Å². The zero-order valence-electron chi connectivity index (χ0n) is 9.82. The SMILES string of the molecule is N[C@@]1(Cl)C=CC([N+](=O)[O-])=C[C@H]1C(=O)c1ccccc1. The molecule has 0 heterocycles. The summed E-state index contributed by atoms with van der Waals surface area (Å²) in [5.74, 6) is -1.32. The second-order valence-electron chi connectivity index (χ2n) is 4.22. The van der Waals surface area contributed by atoms with Crippen molar-refractivity contribution in [2.75, 3.05) is 0 Å². The van der Waals surface area contributed by atoms with Gasteiger partial charge in [-0.1, -0.05) is 41.9 Å². The maximum absolute atomic E-state index is 12.3. The first kappa shape index (κ1) is 13.5. The molecule has 2 rings (SSSR count). The Morgan fingerprint density at radius 3 is 2.58 bits per heavy atom. The van der Waals surface area contributed by atoms with Crippen LogP contribution in [0, 0.1) is 16.0 Å². The number of Topliss-reactive ketones (excluding diaryl/α,β-unsaturated/α-hetero) is 1. The van der Waals surface area contributed by atoms with E-state index in [1.54, 1.807) is 30.3 Å². The lowest BCUT2D eigenvalue weighted by Gasteiger charge is -2.27. The van der Waals surface area contributed by atoms with Gasteiger partial charge in [0, 0.05) is 17.7 Å². The fourth-order valence-corrected chi connectivity index (χ4v) is 2.08. The topological polar surface area (TPSA) is 86.2 Å². The molecule has 0 spiro atoms. The molecule has 98 valence electrons. The Bertz CT molecular complexity index is 579. The van der Waals surface area contributed by atoms with Crippen molar-refractivity contribution in [1.82, 2.24) is 0 Å². The molecule has 0 saturated carbocycles. The number of hydrogen-bond donors (Lipinski definition) is 1. The Hall–Kier alpha value is -1.98. The van der Waals surface area contributed by atoms with Crippen molar-refractivity contribution >= 4 is 17.4 Å². The van der Waals surface area contributed by atoms with E-state index in [1.807, 2.05) is 0 Å². The fraction of sp³-hybridized carbons (Fsp3) is 0.154. The van der Waals surface area contributed by atoms with Crippen LogP contribution in [0.5, 0.6) is 0 Å². The van der Waals surface area contributed by atoms with Gasteiger partial charge >= 0.3 is 0 Å². The first-order chi connectivity index (χ1) is 8.92. The highest BCUT2D eigenvalue weighted by atomic mass is 35.5. The van der Waals surface area contributed by atoms with Gasteiger partial charge in [-0.2, -0.15) is 0 Å². The van der Waals surface area contributed by atoms with Crippen molar-refractivity contribution in [3.63, 3.8) is 0 Å². The van der Waals surface area contributed by atoms with E-state index in [0.717, 1.165) is 0 Å². The summed E-state index contributed by atoms with van der Waals surface area (Å²) in [7, 11) is 0. The van der Waals surface area contributed by atoms with Crippen molar-refractivity contribution in [2.45, 2.75) is 5.00 Å². The number of rotatable bonds is 3. The van der Waals surface area contributed by atoms with E-state index in [9.17, 15) is 14.9 Å². The zero-order chi connectivity index (χ0) is 14.0. The molecule has 1 aromatic rings. The fourth-order valence-electron chi connectivity index (χ4n) is 1.85. The number of nitro groups is 1. The van der Waals surface area contributed by atoms with Crippen LogP contribution in [0.4, 0.5) is 0 Å². The van der Waals surface area contributed by atoms with Crippen LogP contribution in [-0.2, 0) is 0 Å². The van der Waals surface area contributed by atoms with Gasteiger partial charge in [0.25, 0.3) is 5.70 Å². The van der Waals surface area contributed by atoms with Gasteiger partial charge in [0.1, 0.15) is 5.00 Å². The molecule has 0 fully saturated rings. The average molecular weight is 279 g/mol. The molecule has 1 aromatic carbocycles. The summed E-state index contributed by atoms with van der Waals surface area (Å²) < 4.78 is 0. The van der Waals surface area contributed by atoms with E-state index in [1.165, 1.54) is 18.2 Å².